The summed E-state index contributed by atoms with van der Waals surface area (Å²) in [6.07, 6.45) is 5.50. The van der Waals surface area contributed by atoms with E-state index in [4.69, 9.17) is 4.98 Å². The van der Waals surface area contributed by atoms with Gasteiger partial charge >= 0.3 is 0 Å². The number of aliphatic imine (C=N–C) groups is 2. The molecule has 0 radical (unpaired) electrons. The second kappa shape index (κ2) is 6.57. The van der Waals surface area contributed by atoms with Crippen molar-refractivity contribution in [2.24, 2.45) is 17.0 Å². The van der Waals surface area contributed by atoms with E-state index in [2.05, 4.69) is 31.9 Å². The molecule has 0 aromatic carbocycles. The minimum absolute atomic E-state index is 0.492. The van der Waals surface area contributed by atoms with Crippen molar-refractivity contribution in [2.75, 3.05) is 7.05 Å². The standard InChI is InChI=1S/C18H15N7S/c1-19-16(20-2)13-9-14-12(6-8-25(14)3)15(22-13)18-24-23-17(26-18)11-5-4-7-21-10-11/h4-10H,1H2,2-3H3. The van der Waals surface area contributed by atoms with Gasteiger partial charge in [0.1, 0.15) is 16.4 Å². The minimum Gasteiger partial charge on any atom is -0.350 e. The molecule has 0 saturated carbocycles. The first-order valence-corrected chi connectivity index (χ1v) is 8.67. The van der Waals surface area contributed by atoms with Gasteiger partial charge < -0.3 is 4.57 Å². The van der Waals surface area contributed by atoms with E-state index in [0.717, 1.165) is 32.2 Å². The Bertz CT molecular complexity index is 1130. The Hall–Kier alpha value is -3.26. The number of pyridine rings is 2. The lowest BCUT2D eigenvalue weighted by Crippen LogP contribution is -2.02. The molecule has 4 aromatic heterocycles. The lowest BCUT2D eigenvalue weighted by atomic mass is 10.2. The average molecular weight is 361 g/mol. The van der Waals surface area contributed by atoms with Gasteiger partial charge in [-0.15, -0.1) is 10.2 Å². The largest absolute Gasteiger partial charge is 0.350 e. The molecule has 0 spiro atoms. The molecule has 0 unspecified atom stereocenters. The molecule has 26 heavy (non-hydrogen) atoms. The first-order chi connectivity index (χ1) is 12.7. The highest BCUT2D eigenvalue weighted by Crippen LogP contribution is 2.33. The maximum Gasteiger partial charge on any atom is 0.172 e. The molecule has 0 atom stereocenters. The zero-order valence-corrected chi connectivity index (χ0v) is 15.1. The van der Waals surface area contributed by atoms with Gasteiger partial charge in [-0.05, 0) is 31.0 Å². The third-order valence-electron chi connectivity index (χ3n) is 4.01. The number of fused-ring (bicyclic) bond motifs is 1. The Kier molecular flexibility index (Phi) is 4.10. The fourth-order valence-corrected chi connectivity index (χ4v) is 3.57. The third kappa shape index (κ3) is 2.70. The molecular weight excluding hydrogens is 346 g/mol. The fourth-order valence-electron chi connectivity index (χ4n) is 2.73. The van der Waals surface area contributed by atoms with Gasteiger partial charge in [-0.1, -0.05) is 11.3 Å². The molecule has 128 valence electrons. The molecule has 0 fully saturated rings. The summed E-state index contributed by atoms with van der Waals surface area (Å²) in [6.45, 7) is 3.58. The quantitative estimate of drug-likeness (QED) is 0.414. The van der Waals surface area contributed by atoms with Crippen LogP contribution in [0.15, 0.2) is 52.8 Å². The third-order valence-corrected chi connectivity index (χ3v) is 4.99. The van der Waals surface area contributed by atoms with Crippen LogP contribution in [0.5, 0.6) is 0 Å². The summed E-state index contributed by atoms with van der Waals surface area (Å²) >= 11 is 1.48. The predicted octanol–water partition coefficient (Wildman–Crippen LogP) is 3.23. The van der Waals surface area contributed by atoms with Crippen molar-refractivity contribution >= 4 is 34.8 Å². The van der Waals surface area contributed by atoms with Crippen LogP contribution in [-0.2, 0) is 7.05 Å². The van der Waals surface area contributed by atoms with Gasteiger partial charge in [-0.2, -0.15) is 0 Å². The summed E-state index contributed by atoms with van der Waals surface area (Å²) in [5, 5.41) is 11.2. The van der Waals surface area contributed by atoms with Crippen LogP contribution in [0.4, 0.5) is 0 Å². The Morgan fingerprint density at radius 3 is 2.81 bits per heavy atom. The summed E-state index contributed by atoms with van der Waals surface area (Å²) in [4.78, 5) is 17.0. The van der Waals surface area contributed by atoms with Gasteiger partial charge in [-0.3, -0.25) is 9.98 Å². The maximum absolute atomic E-state index is 4.75. The Morgan fingerprint density at radius 1 is 1.23 bits per heavy atom. The topological polar surface area (TPSA) is 81.2 Å². The fraction of sp³-hybridized carbons (Fsp3) is 0.111. The van der Waals surface area contributed by atoms with Crippen LogP contribution in [0, 0.1) is 0 Å². The Labute approximate surface area is 153 Å². The summed E-state index contributed by atoms with van der Waals surface area (Å²) in [5.74, 6) is 0.492. The van der Waals surface area contributed by atoms with Crippen LogP contribution >= 0.6 is 11.3 Å². The van der Waals surface area contributed by atoms with E-state index in [0.29, 0.717) is 11.5 Å². The highest BCUT2D eigenvalue weighted by atomic mass is 32.1. The number of aromatic nitrogens is 5. The molecule has 7 nitrogen and oxygen atoms in total. The zero-order chi connectivity index (χ0) is 18.1. The van der Waals surface area contributed by atoms with Crippen LogP contribution in [0.25, 0.3) is 32.2 Å². The molecule has 0 amide bonds. The Morgan fingerprint density at radius 2 is 2.08 bits per heavy atom. The van der Waals surface area contributed by atoms with Gasteiger partial charge in [0, 0.05) is 43.6 Å². The van der Waals surface area contributed by atoms with Crippen LogP contribution in [-0.4, -0.2) is 44.3 Å². The van der Waals surface area contributed by atoms with Gasteiger partial charge in [-0.25, -0.2) is 9.98 Å². The van der Waals surface area contributed by atoms with Crippen LogP contribution < -0.4 is 0 Å². The van der Waals surface area contributed by atoms with Crippen LogP contribution in [0.3, 0.4) is 0 Å². The first-order valence-electron chi connectivity index (χ1n) is 7.85. The number of nitrogens with zero attached hydrogens (tertiary/aromatic N) is 7. The summed E-state index contributed by atoms with van der Waals surface area (Å²) in [6, 6.07) is 7.82. The van der Waals surface area contributed by atoms with E-state index in [1.807, 2.05) is 42.1 Å². The summed E-state index contributed by atoms with van der Waals surface area (Å²) in [7, 11) is 3.66. The number of hydrogen-bond donors (Lipinski definition) is 0. The summed E-state index contributed by atoms with van der Waals surface area (Å²) in [5.41, 5.74) is 3.37. The van der Waals surface area contributed by atoms with Crippen molar-refractivity contribution in [1.82, 2.24) is 24.7 Å². The first kappa shape index (κ1) is 16.2. The van der Waals surface area contributed by atoms with Gasteiger partial charge in [0.2, 0.25) is 0 Å². The second-order valence-corrected chi connectivity index (χ2v) is 6.55. The number of aryl methyl sites for hydroxylation is 1. The molecule has 0 aliphatic rings. The van der Waals surface area contributed by atoms with Gasteiger partial charge in [0.15, 0.2) is 10.8 Å². The van der Waals surface area contributed by atoms with E-state index in [1.54, 1.807) is 19.4 Å². The average Bonchev–Trinajstić information content (AvgIpc) is 3.31. The molecule has 4 aromatic rings. The molecule has 8 heteroatoms. The van der Waals surface area contributed by atoms with Gasteiger partial charge in [0.25, 0.3) is 0 Å². The van der Waals surface area contributed by atoms with E-state index >= 15 is 0 Å². The lowest BCUT2D eigenvalue weighted by Gasteiger charge is -2.05. The normalized spacial score (nSPS) is 11.8. The van der Waals surface area contributed by atoms with Crippen molar-refractivity contribution < 1.29 is 0 Å². The predicted molar refractivity (Wildman–Crippen MR) is 105 cm³/mol. The lowest BCUT2D eigenvalue weighted by molar-refractivity contribution is 0.967. The van der Waals surface area contributed by atoms with E-state index in [1.165, 1.54) is 11.3 Å². The molecule has 0 bridgehead atoms. The smallest absolute Gasteiger partial charge is 0.172 e. The number of rotatable bonds is 3. The molecular formula is C18H15N7S. The van der Waals surface area contributed by atoms with Crippen molar-refractivity contribution in [1.29, 1.82) is 0 Å². The minimum atomic E-state index is 0.492. The van der Waals surface area contributed by atoms with Crippen molar-refractivity contribution in [3.8, 4) is 21.3 Å². The maximum atomic E-state index is 4.75. The van der Waals surface area contributed by atoms with Crippen molar-refractivity contribution in [3.63, 3.8) is 0 Å². The van der Waals surface area contributed by atoms with Crippen molar-refractivity contribution in [2.45, 2.75) is 0 Å². The number of amidine groups is 1. The van der Waals surface area contributed by atoms with Crippen molar-refractivity contribution in [3.05, 3.63) is 48.5 Å². The monoisotopic (exact) mass is 361 g/mol. The van der Waals surface area contributed by atoms with Crippen LogP contribution in [0.1, 0.15) is 5.69 Å². The van der Waals surface area contributed by atoms with Crippen LogP contribution in [0.2, 0.25) is 0 Å². The Balaban J connectivity index is 1.91. The molecule has 0 saturated heterocycles. The molecule has 0 aliphatic heterocycles. The van der Waals surface area contributed by atoms with E-state index in [-0.39, 0.29) is 0 Å². The van der Waals surface area contributed by atoms with E-state index < -0.39 is 0 Å². The SMILES string of the molecule is C=NC(=NC)c1cc2c(ccn2C)c(-c2nnc(-c3cccnc3)s2)n1. The molecule has 4 rings (SSSR count). The summed E-state index contributed by atoms with van der Waals surface area (Å²) < 4.78 is 2.03. The molecule has 0 aliphatic carbocycles. The highest BCUT2D eigenvalue weighted by molar-refractivity contribution is 7.18. The molecule has 0 N–H and O–H groups in total. The number of hydrogen-bond acceptors (Lipinski definition) is 6. The zero-order valence-electron chi connectivity index (χ0n) is 14.3. The highest BCUT2D eigenvalue weighted by Gasteiger charge is 2.17. The van der Waals surface area contributed by atoms with E-state index in [9.17, 15) is 0 Å². The molecule has 4 heterocycles. The van der Waals surface area contributed by atoms with Gasteiger partial charge in [0.05, 0.1) is 5.52 Å². The second-order valence-electron chi connectivity index (χ2n) is 5.57.